The number of carbonyl (C=O) groups excluding carboxylic acids is 2. The Balaban J connectivity index is 1.52. The zero-order chi connectivity index (χ0) is 29.6. The molecule has 1 fully saturated rings. The van der Waals surface area contributed by atoms with E-state index < -0.39 is 23.5 Å². The highest BCUT2D eigenvalue weighted by Gasteiger charge is 2.44. The number of aliphatic hydroxyl groups excluding tert-OH is 1. The van der Waals surface area contributed by atoms with Crippen molar-refractivity contribution in [3.63, 3.8) is 0 Å². The quantitative estimate of drug-likeness (QED) is 0.229. The molecule has 222 valence electrons. The standard InChI is InChI=1S/C32H36N2O8/c1-4-16-41-23-11-10-21(19-25(23)40-5-2)28-27(29(35)26-20-22-8-6-9-24(38-3)31(22)42-26)30(36)32(37)34(28)13-7-12-33-14-17-39-18-15-33/h4,6,8-11,19-20,28,36H,1,5,7,12-18H2,2-3H3. The van der Waals surface area contributed by atoms with Gasteiger partial charge in [0.1, 0.15) is 6.61 Å². The van der Waals surface area contributed by atoms with E-state index in [-0.39, 0.29) is 17.9 Å². The molecule has 3 heterocycles. The van der Waals surface area contributed by atoms with Crippen LogP contribution >= 0.6 is 0 Å². The summed E-state index contributed by atoms with van der Waals surface area (Å²) in [4.78, 5) is 31.4. The Kier molecular flexibility index (Phi) is 9.14. The number of amides is 1. The molecule has 3 aromatic rings. The average Bonchev–Trinajstić information content (AvgIpc) is 3.56. The van der Waals surface area contributed by atoms with E-state index in [9.17, 15) is 14.7 Å². The van der Waals surface area contributed by atoms with Crippen LogP contribution in [-0.2, 0) is 9.53 Å². The average molecular weight is 577 g/mol. The van der Waals surface area contributed by atoms with Crippen LogP contribution in [0.1, 0.15) is 35.5 Å². The van der Waals surface area contributed by atoms with Crippen LogP contribution in [-0.4, -0.2) is 86.3 Å². The number of furan rings is 1. The molecule has 0 aliphatic carbocycles. The van der Waals surface area contributed by atoms with Crippen molar-refractivity contribution < 1.29 is 38.1 Å². The summed E-state index contributed by atoms with van der Waals surface area (Å²) in [5, 5.41) is 11.8. The SMILES string of the molecule is C=CCOc1ccc(C2C(C(=O)c3cc4cccc(OC)c4o3)=C(O)C(=O)N2CCCN2CCOCC2)cc1OCC. The Morgan fingerprint density at radius 1 is 1.10 bits per heavy atom. The van der Waals surface area contributed by atoms with Gasteiger partial charge in [0.05, 0.1) is 38.5 Å². The smallest absolute Gasteiger partial charge is 0.290 e. The van der Waals surface area contributed by atoms with Crippen LogP contribution in [0.25, 0.3) is 11.0 Å². The zero-order valence-electron chi connectivity index (χ0n) is 24.0. The van der Waals surface area contributed by atoms with Crippen LogP contribution in [0.4, 0.5) is 0 Å². The number of nitrogens with zero attached hydrogens (tertiary/aromatic N) is 2. The lowest BCUT2D eigenvalue weighted by atomic mass is 9.94. The van der Waals surface area contributed by atoms with Gasteiger partial charge in [0.25, 0.3) is 5.91 Å². The van der Waals surface area contributed by atoms with Gasteiger partial charge in [-0.2, -0.15) is 0 Å². The van der Waals surface area contributed by atoms with Crippen molar-refractivity contribution in [1.29, 1.82) is 0 Å². The Morgan fingerprint density at radius 3 is 2.64 bits per heavy atom. The van der Waals surface area contributed by atoms with E-state index >= 15 is 0 Å². The molecule has 2 aliphatic heterocycles. The molecule has 1 saturated heterocycles. The van der Waals surface area contributed by atoms with E-state index in [1.165, 1.54) is 7.11 Å². The van der Waals surface area contributed by atoms with Crippen molar-refractivity contribution in [2.45, 2.75) is 19.4 Å². The van der Waals surface area contributed by atoms with Gasteiger partial charge in [-0.15, -0.1) is 0 Å². The maximum absolute atomic E-state index is 14.0. The van der Waals surface area contributed by atoms with Gasteiger partial charge in [-0.25, -0.2) is 0 Å². The highest BCUT2D eigenvalue weighted by atomic mass is 16.5. The van der Waals surface area contributed by atoms with E-state index in [1.807, 2.05) is 6.92 Å². The fourth-order valence-electron chi connectivity index (χ4n) is 5.42. The molecule has 1 unspecified atom stereocenters. The Bertz CT molecular complexity index is 1490. The van der Waals surface area contributed by atoms with Crippen LogP contribution < -0.4 is 14.2 Å². The molecule has 2 aromatic carbocycles. The lowest BCUT2D eigenvalue weighted by Crippen LogP contribution is -2.39. The topological polar surface area (TPSA) is 111 Å². The van der Waals surface area contributed by atoms with Gasteiger partial charge in [0, 0.05) is 31.6 Å². The maximum atomic E-state index is 14.0. The number of ether oxygens (including phenoxy) is 4. The maximum Gasteiger partial charge on any atom is 0.290 e. The molecule has 0 radical (unpaired) electrons. The van der Waals surface area contributed by atoms with Crippen molar-refractivity contribution in [2.24, 2.45) is 0 Å². The summed E-state index contributed by atoms with van der Waals surface area (Å²) in [5.74, 6) is -0.328. The van der Waals surface area contributed by atoms with Crippen molar-refractivity contribution in [3.05, 3.63) is 77.8 Å². The Labute approximate surface area is 244 Å². The van der Waals surface area contributed by atoms with Crippen molar-refractivity contribution in [3.8, 4) is 17.2 Å². The summed E-state index contributed by atoms with van der Waals surface area (Å²) >= 11 is 0. The van der Waals surface area contributed by atoms with E-state index in [0.717, 1.165) is 19.6 Å². The minimum Gasteiger partial charge on any atom is -0.503 e. The zero-order valence-corrected chi connectivity index (χ0v) is 24.0. The molecule has 42 heavy (non-hydrogen) atoms. The summed E-state index contributed by atoms with van der Waals surface area (Å²) in [6.45, 7) is 10.3. The monoisotopic (exact) mass is 576 g/mol. The van der Waals surface area contributed by atoms with E-state index in [4.69, 9.17) is 23.4 Å². The summed E-state index contributed by atoms with van der Waals surface area (Å²) in [6.07, 6.45) is 2.28. The molecule has 0 saturated carbocycles. The molecule has 1 amide bonds. The molecule has 0 spiro atoms. The number of hydrogen-bond donors (Lipinski definition) is 1. The number of hydrogen-bond acceptors (Lipinski definition) is 9. The first-order valence-corrected chi connectivity index (χ1v) is 14.1. The predicted molar refractivity (Wildman–Crippen MR) is 156 cm³/mol. The highest BCUT2D eigenvalue weighted by molar-refractivity contribution is 6.16. The summed E-state index contributed by atoms with van der Waals surface area (Å²) < 4.78 is 28.4. The third-order valence-electron chi connectivity index (χ3n) is 7.42. The number of morpholine rings is 1. The largest absolute Gasteiger partial charge is 0.503 e. The van der Waals surface area contributed by atoms with Gasteiger partial charge >= 0.3 is 0 Å². The summed E-state index contributed by atoms with van der Waals surface area (Å²) in [5.41, 5.74) is 0.964. The normalized spacial score (nSPS) is 17.6. The molecular formula is C32H36N2O8. The predicted octanol–water partition coefficient (Wildman–Crippen LogP) is 4.71. The number of benzene rings is 2. The number of para-hydroxylation sites is 1. The van der Waals surface area contributed by atoms with Crippen LogP contribution in [0.3, 0.4) is 0 Å². The molecule has 10 nitrogen and oxygen atoms in total. The Hall–Kier alpha value is -4.28. The lowest BCUT2D eigenvalue weighted by Gasteiger charge is -2.30. The van der Waals surface area contributed by atoms with Gasteiger partial charge in [-0.05, 0) is 43.2 Å². The molecule has 2 aliphatic rings. The van der Waals surface area contributed by atoms with Crippen molar-refractivity contribution >= 4 is 22.7 Å². The second-order valence-corrected chi connectivity index (χ2v) is 10.0. The second-order valence-electron chi connectivity index (χ2n) is 10.0. The van der Waals surface area contributed by atoms with Crippen LogP contribution in [0.2, 0.25) is 0 Å². The molecule has 1 aromatic heterocycles. The Morgan fingerprint density at radius 2 is 1.90 bits per heavy atom. The lowest BCUT2D eigenvalue weighted by molar-refractivity contribution is -0.129. The number of ketones is 1. The van der Waals surface area contributed by atoms with Gasteiger partial charge in [-0.1, -0.05) is 30.9 Å². The molecule has 10 heteroatoms. The molecule has 5 rings (SSSR count). The fraction of sp³-hybridized carbons (Fsp3) is 0.375. The minimum absolute atomic E-state index is 0.0000140. The number of methoxy groups -OCH3 is 1. The second kappa shape index (κ2) is 13.1. The van der Waals surface area contributed by atoms with Gasteiger partial charge < -0.3 is 33.4 Å². The number of rotatable bonds is 13. The number of Topliss-reactive ketones (excluding diaryl/α,β-unsaturated/α-hetero) is 1. The minimum atomic E-state index is -0.863. The fourth-order valence-corrected chi connectivity index (χ4v) is 5.42. The first kappa shape index (κ1) is 29.2. The van der Waals surface area contributed by atoms with Gasteiger partial charge in [0.15, 0.2) is 34.4 Å². The molecule has 1 atom stereocenters. The number of carbonyl (C=O) groups is 2. The van der Waals surface area contributed by atoms with E-state index in [0.29, 0.717) is 66.6 Å². The van der Waals surface area contributed by atoms with Crippen LogP contribution in [0.5, 0.6) is 17.2 Å². The van der Waals surface area contributed by atoms with Gasteiger partial charge in [-0.3, -0.25) is 14.5 Å². The number of aliphatic hydroxyl groups is 1. The van der Waals surface area contributed by atoms with Crippen molar-refractivity contribution in [1.82, 2.24) is 9.80 Å². The van der Waals surface area contributed by atoms with E-state index in [1.54, 1.807) is 53.4 Å². The van der Waals surface area contributed by atoms with Crippen LogP contribution in [0, 0.1) is 0 Å². The third-order valence-corrected chi connectivity index (χ3v) is 7.42. The van der Waals surface area contributed by atoms with Crippen molar-refractivity contribution in [2.75, 3.05) is 59.7 Å². The highest BCUT2D eigenvalue weighted by Crippen LogP contribution is 2.42. The molecular weight excluding hydrogens is 540 g/mol. The summed E-state index contributed by atoms with van der Waals surface area (Å²) in [7, 11) is 1.52. The number of fused-ring (bicyclic) bond motifs is 1. The summed E-state index contributed by atoms with van der Waals surface area (Å²) in [6, 6.07) is 11.3. The molecule has 0 bridgehead atoms. The van der Waals surface area contributed by atoms with Gasteiger partial charge in [0.2, 0.25) is 5.78 Å². The van der Waals surface area contributed by atoms with Crippen LogP contribution in [0.15, 0.2) is 70.9 Å². The molecule has 1 N–H and O–H groups in total. The third kappa shape index (κ3) is 5.86. The first-order valence-electron chi connectivity index (χ1n) is 14.1. The van der Waals surface area contributed by atoms with E-state index in [2.05, 4.69) is 11.5 Å². The first-order chi connectivity index (χ1) is 20.5.